The van der Waals surface area contributed by atoms with Gasteiger partial charge in [0.2, 0.25) is 10.0 Å². The summed E-state index contributed by atoms with van der Waals surface area (Å²) in [7, 11) is -2.29. The Morgan fingerprint density at radius 1 is 1.15 bits per heavy atom. The van der Waals surface area contributed by atoms with E-state index in [1.165, 1.54) is 13.2 Å². The summed E-state index contributed by atoms with van der Waals surface area (Å²) in [6, 6.07) is 14.8. The molecule has 2 aromatic rings. The smallest absolute Gasteiger partial charge is 0.248 e. The van der Waals surface area contributed by atoms with Crippen LogP contribution in [0.3, 0.4) is 0 Å². The van der Waals surface area contributed by atoms with Gasteiger partial charge in [-0.05, 0) is 36.6 Å². The molecule has 138 valence electrons. The minimum atomic E-state index is -3.76. The van der Waals surface area contributed by atoms with E-state index in [1.807, 2.05) is 30.3 Å². The third kappa shape index (κ3) is 2.91. The lowest BCUT2D eigenvalue weighted by atomic mass is 10.1. The number of methoxy groups -OCH3 is 1. The fourth-order valence-corrected chi connectivity index (χ4v) is 6.08. The number of fused-ring (bicyclic) bond motifs is 1. The Bertz CT molecular complexity index is 904. The van der Waals surface area contributed by atoms with Crippen LogP contribution in [0.2, 0.25) is 5.02 Å². The van der Waals surface area contributed by atoms with E-state index in [0.29, 0.717) is 17.3 Å². The van der Waals surface area contributed by atoms with Gasteiger partial charge in [0.1, 0.15) is 16.8 Å². The average molecular weight is 393 g/mol. The molecule has 2 aromatic carbocycles. The van der Waals surface area contributed by atoms with Crippen LogP contribution in [0, 0.1) is 0 Å². The average Bonchev–Trinajstić information content (AvgIpc) is 3.23. The highest BCUT2D eigenvalue weighted by Crippen LogP contribution is 2.43. The van der Waals surface area contributed by atoms with Crippen molar-refractivity contribution in [3.05, 3.63) is 59.1 Å². The zero-order valence-electron chi connectivity index (χ0n) is 14.5. The predicted molar refractivity (Wildman–Crippen MR) is 101 cm³/mol. The summed E-state index contributed by atoms with van der Waals surface area (Å²) in [4.78, 5) is 2.42. The lowest BCUT2D eigenvalue weighted by Gasteiger charge is -2.29. The van der Waals surface area contributed by atoms with E-state index in [9.17, 15) is 8.42 Å². The maximum atomic E-state index is 13.5. The number of halogens is 1. The van der Waals surface area contributed by atoms with Gasteiger partial charge in [0.15, 0.2) is 0 Å². The Balaban J connectivity index is 1.81. The van der Waals surface area contributed by atoms with Gasteiger partial charge in [-0.25, -0.2) is 8.42 Å². The number of hydrogen-bond donors (Lipinski definition) is 0. The fourth-order valence-electron chi connectivity index (χ4n) is 4.04. The van der Waals surface area contributed by atoms with E-state index in [0.717, 1.165) is 24.9 Å². The Hall–Kier alpha value is -1.60. The van der Waals surface area contributed by atoms with Gasteiger partial charge in [-0.1, -0.05) is 41.9 Å². The molecule has 0 aliphatic carbocycles. The van der Waals surface area contributed by atoms with Crippen molar-refractivity contribution < 1.29 is 13.2 Å². The summed E-state index contributed by atoms with van der Waals surface area (Å²) in [5.41, 5.74) is 0.987. The zero-order valence-corrected chi connectivity index (χ0v) is 16.1. The molecule has 0 radical (unpaired) electrons. The summed E-state index contributed by atoms with van der Waals surface area (Å²) in [6.07, 6.45) is 1.82. The Morgan fingerprint density at radius 3 is 2.65 bits per heavy atom. The highest BCUT2D eigenvalue weighted by molar-refractivity contribution is 7.89. The Labute approximate surface area is 159 Å². The second kappa shape index (κ2) is 6.85. The molecule has 7 heteroatoms. The summed E-state index contributed by atoms with van der Waals surface area (Å²) >= 11 is 6.09. The molecule has 2 atom stereocenters. The second-order valence-electron chi connectivity index (χ2n) is 6.69. The molecule has 2 fully saturated rings. The Morgan fingerprint density at radius 2 is 1.92 bits per heavy atom. The zero-order chi connectivity index (χ0) is 18.3. The number of nitrogens with zero attached hydrogens (tertiary/aromatic N) is 2. The summed E-state index contributed by atoms with van der Waals surface area (Å²) in [5.74, 6) is 0.313. The molecule has 5 nitrogen and oxygen atoms in total. The molecule has 4 rings (SSSR count). The van der Waals surface area contributed by atoms with Gasteiger partial charge in [-0.15, -0.1) is 0 Å². The highest BCUT2D eigenvalue weighted by atomic mass is 35.5. The predicted octanol–water partition coefficient (Wildman–Crippen LogP) is 3.52. The molecule has 0 amide bonds. The second-order valence-corrected chi connectivity index (χ2v) is 8.98. The lowest BCUT2D eigenvalue weighted by molar-refractivity contribution is 0.198. The first-order chi connectivity index (χ1) is 12.5. The van der Waals surface area contributed by atoms with Gasteiger partial charge in [-0.2, -0.15) is 4.31 Å². The molecular formula is C19H21ClN2O3S. The van der Waals surface area contributed by atoms with Gasteiger partial charge >= 0.3 is 0 Å². The highest BCUT2D eigenvalue weighted by Gasteiger charge is 2.48. The van der Waals surface area contributed by atoms with Gasteiger partial charge < -0.3 is 4.74 Å². The minimum Gasteiger partial charge on any atom is -0.495 e. The molecule has 0 spiro atoms. The van der Waals surface area contributed by atoms with Crippen LogP contribution in [0.4, 0.5) is 0 Å². The largest absolute Gasteiger partial charge is 0.495 e. The quantitative estimate of drug-likeness (QED) is 0.798. The summed E-state index contributed by atoms with van der Waals surface area (Å²) < 4.78 is 34.0. The first-order valence-corrected chi connectivity index (χ1v) is 10.5. The van der Waals surface area contributed by atoms with Crippen LogP contribution >= 0.6 is 11.6 Å². The molecule has 2 heterocycles. The van der Waals surface area contributed by atoms with Crippen LogP contribution < -0.4 is 4.74 Å². The molecule has 0 saturated carbocycles. The molecule has 2 aliphatic heterocycles. The standard InChI is InChI=1S/C19H21ClN2O3S/c1-25-17-10-9-15(20)12-18(17)26(23,24)22-13-16-8-5-11-21(16)19(22)14-6-3-2-4-7-14/h2-4,6-7,9-10,12,16,19H,5,8,11,13H2,1H3. The minimum absolute atomic E-state index is 0.120. The number of ether oxygens (including phenoxy) is 1. The van der Waals surface area contributed by atoms with Crippen LogP contribution in [0.15, 0.2) is 53.4 Å². The van der Waals surface area contributed by atoms with Gasteiger partial charge in [-0.3, -0.25) is 4.90 Å². The first kappa shape index (κ1) is 17.8. The molecule has 2 unspecified atom stereocenters. The maximum Gasteiger partial charge on any atom is 0.248 e. The van der Waals surface area contributed by atoms with Crippen LogP contribution in [0.5, 0.6) is 5.75 Å². The van der Waals surface area contributed by atoms with Gasteiger partial charge in [0.25, 0.3) is 0 Å². The molecule has 0 bridgehead atoms. The lowest BCUT2D eigenvalue weighted by Crippen LogP contribution is -2.35. The number of benzene rings is 2. The van der Waals surface area contributed by atoms with Crippen molar-refractivity contribution in [3.63, 3.8) is 0 Å². The van der Waals surface area contributed by atoms with Crippen molar-refractivity contribution >= 4 is 21.6 Å². The van der Waals surface area contributed by atoms with Gasteiger partial charge in [0, 0.05) is 24.2 Å². The van der Waals surface area contributed by atoms with E-state index in [-0.39, 0.29) is 17.1 Å². The normalized spacial score (nSPS) is 23.9. The van der Waals surface area contributed by atoms with E-state index in [1.54, 1.807) is 16.4 Å². The maximum absolute atomic E-state index is 13.5. The topological polar surface area (TPSA) is 49.9 Å². The van der Waals surface area contributed by atoms with E-state index >= 15 is 0 Å². The third-order valence-electron chi connectivity index (χ3n) is 5.21. The van der Waals surface area contributed by atoms with Crippen molar-refractivity contribution in [2.45, 2.75) is 29.9 Å². The van der Waals surface area contributed by atoms with E-state index in [2.05, 4.69) is 4.90 Å². The first-order valence-electron chi connectivity index (χ1n) is 8.68. The number of sulfonamides is 1. The fraction of sp³-hybridized carbons (Fsp3) is 0.368. The molecule has 0 aromatic heterocycles. The summed E-state index contributed by atoms with van der Waals surface area (Å²) in [6.45, 7) is 1.39. The van der Waals surface area contributed by atoms with Crippen LogP contribution in [0.1, 0.15) is 24.6 Å². The van der Waals surface area contributed by atoms with Crippen LogP contribution in [-0.4, -0.2) is 43.9 Å². The van der Waals surface area contributed by atoms with E-state index < -0.39 is 10.0 Å². The molecule has 0 N–H and O–H groups in total. The van der Waals surface area contributed by atoms with Gasteiger partial charge in [0.05, 0.1) is 7.11 Å². The number of rotatable bonds is 4. The summed E-state index contributed by atoms with van der Waals surface area (Å²) in [5, 5.41) is 0.375. The van der Waals surface area contributed by atoms with Crippen molar-refractivity contribution in [1.29, 1.82) is 0 Å². The van der Waals surface area contributed by atoms with Crippen LogP contribution in [-0.2, 0) is 10.0 Å². The Kier molecular flexibility index (Phi) is 4.69. The third-order valence-corrected chi connectivity index (χ3v) is 7.29. The van der Waals surface area contributed by atoms with Crippen molar-refractivity contribution in [1.82, 2.24) is 9.21 Å². The van der Waals surface area contributed by atoms with Crippen LogP contribution in [0.25, 0.3) is 0 Å². The molecule has 2 aliphatic rings. The van der Waals surface area contributed by atoms with Crippen molar-refractivity contribution in [2.24, 2.45) is 0 Å². The van der Waals surface area contributed by atoms with E-state index in [4.69, 9.17) is 16.3 Å². The molecular weight excluding hydrogens is 372 g/mol. The SMILES string of the molecule is COc1ccc(Cl)cc1S(=O)(=O)N1CC2CCCN2C1c1ccccc1. The molecule has 2 saturated heterocycles. The number of hydrogen-bond acceptors (Lipinski definition) is 4. The molecule has 26 heavy (non-hydrogen) atoms. The van der Waals surface area contributed by atoms with Crippen molar-refractivity contribution in [3.8, 4) is 5.75 Å². The monoisotopic (exact) mass is 392 g/mol. The van der Waals surface area contributed by atoms with Crippen molar-refractivity contribution in [2.75, 3.05) is 20.2 Å².